The van der Waals surface area contributed by atoms with Crippen LogP contribution in [0, 0.1) is 0 Å². The number of morpholine rings is 1. The lowest BCUT2D eigenvalue weighted by Gasteiger charge is -2.39. The van der Waals surface area contributed by atoms with Crippen molar-refractivity contribution in [2.45, 2.75) is 90.3 Å². The van der Waals surface area contributed by atoms with Crippen LogP contribution >= 0.6 is 0 Å². The summed E-state index contributed by atoms with van der Waals surface area (Å²) in [7, 11) is 0. The van der Waals surface area contributed by atoms with Gasteiger partial charge in [-0.1, -0.05) is 58.8 Å². The highest BCUT2D eigenvalue weighted by molar-refractivity contribution is 4.84. The Balaban J connectivity index is 2.01. The minimum absolute atomic E-state index is 0.0735. The van der Waals surface area contributed by atoms with Crippen molar-refractivity contribution in [1.29, 1.82) is 0 Å². The van der Waals surface area contributed by atoms with E-state index in [-0.39, 0.29) is 5.60 Å². The van der Waals surface area contributed by atoms with E-state index >= 15 is 0 Å². The number of hydrogen-bond acceptors (Lipinski definition) is 2. The van der Waals surface area contributed by atoms with E-state index in [1.54, 1.807) is 0 Å². The van der Waals surface area contributed by atoms with Crippen LogP contribution in [0.25, 0.3) is 0 Å². The van der Waals surface area contributed by atoms with Gasteiger partial charge in [0.1, 0.15) is 0 Å². The predicted octanol–water partition coefficient (Wildman–Crippen LogP) is 4.28. The number of hydrogen-bond donors (Lipinski definition) is 1. The standard InChI is InChI=1S/C16H33NO/c1-4-6-7-8-9-10-11-12-15-13-17-14-16(3,5-2)18-15/h15,17H,4-14H2,1-3H3. The monoisotopic (exact) mass is 255 g/mol. The molecule has 1 N–H and O–H groups in total. The number of nitrogens with one attached hydrogen (secondary N) is 1. The van der Waals surface area contributed by atoms with E-state index in [2.05, 4.69) is 26.1 Å². The van der Waals surface area contributed by atoms with Crippen LogP contribution in [0.1, 0.15) is 78.6 Å². The van der Waals surface area contributed by atoms with E-state index in [0.29, 0.717) is 6.10 Å². The van der Waals surface area contributed by atoms with E-state index in [1.807, 2.05) is 0 Å². The molecule has 1 rings (SSSR count). The summed E-state index contributed by atoms with van der Waals surface area (Å²) in [6, 6.07) is 0. The first kappa shape index (κ1) is 16.0. The molecule has 1 fully saturated rings. The van der Waals surface area contributed by atoms with Crippen molar-refractivity contribution >= 4 is 0 Å². The molecular formula is C16H33NO. The highest BCUT2D eigenvalue weighted by atomic mass is 16.5. The SMILES string of the molecule is CCCCCCCCCC1CNCC(C)(CC)O1. The fourth-order valence-corrected chi connectivity index (χ4v) is 2.68. The quantitative estimate of drug-likeness (QED) is 0.621. The van der Waals surface area contributed by atoms with Crippen LogP contribution in [-0.2, 0) is 4.74 Å². The summed E-state index contributed by atoms with van der Waals surface area (Å²) < 4.78 is 6.21. The highest BCUT2D eigenvalue weighted by Crippen LogP contribution is 2.22. The fourth-order valence-electron chi connectivity index (χ4n) is 2.68. The van der Waals surface area contributed by atoms with E-state index in [1.165, 1.54) is 51.4 Å². The summed E-state index contributed by atoms with van der Waals surface area (Å²) in [4.78, 5) is 0. The molecule has 1 heterocycles. The number of rotatable bonds is 9. The highest BCUT2D eigenvalue weighted by Gasteiger charge is 2.30. The Morgan fingerprint density at radius 3 is 2.39 bits per heavy atom. The van der Waals surface area contributed by atoms with Gasteiger partial charge >= 0.3 is 0 Å². The van der Waals surface area contributed by atoms with E-state index < -0.39 is 0 Å². The molecule has 1 aliphatic heterocycles. The van der Waals surface area contributed by atoms with Gasteiger partial charge in [-0.3, -0.25) is 0 Å². The topological polar surface area (TPSA) is 21.3 Å². The molecular weight excluding hydrogens is 222 g/mol. The fraction of sp³-hybridized carbons (Fsp3) is 1.00. The van der Waals surface area contributed by atoms with Gasteiger partial charge in [-0.2, -0.15) is 0 Å². The largest absolute Gasteiger partial charge is 0.369 e. The summed E-state index contributed by atoms with van der Waals surface area (Å²) in [5.74, 6) is 0. The number of unbranched alkanes of at least 4 members (excludes halogenated alkanes) is 6. The van der Waals surface area contributed by atoms with Crippen LogP contribution in [0.4, 0.5) is 0 Å². The molecule has 0 aromatic rings. The molecule has 1 aliphatic rings. The molecule has 0 aromatic carbocycles. The van der Waals surface area contributed by atoms with Crippen LogP contribution < -0.4 is 5.32 Å². The molecule has 2 nitrogen and oxygen atoms in total. The third-order valence-corrected chi connectivity index (χ3v) is 4.20. The predicted molar refractivity (Wildman–Crippen MR) is 79.0 cm³/mol. The molecule has 0 radical (unpaired) electrons. The van der Waals surface area contributed by atoms with Crippen LogP contribution in [0.5, 0.6) is 0 Å². The molecule has 0 bridgehead atoms. The van der Waals surface area contributed by atoms with Crippen molar-refractivity contribution in [3.8, 4) is 0 Å². The molecule has 2 atom stereocenters. The normalized spacial score (nSPS) is 28.5. The van der Waals surface area contributed by atoms with Crippen LogP contribution in [0.2, 0.25) is 0 Å². The molecule has 2 heteroatoms. The third kappa shape index (κ3) is 6.19. The Kier molecular flexibility index (Phi) is 7.92. The van der Waals surface area contributed by atoms with Crippen LogP contribution in [0.15, 0.2) is 0 Å². The molecule has 2 unspecified atom stereocenters. The zero-order chi connectivity index (χ0) is 13.3. The Labute approximate surface area is 114 Å². The van der Waals surface area contributed by atoms with Crippen molar-refractivity contribution < 1.29 is 4.74 Å². The van der Waals surface area contributed by atoms with Gasteiger partial charge in [0.25, 0.3) is 0 Å². The maximum atomic E-state index is 6.21. The van der Waals surface area contributed by atoms with Crippen LogP contribution in [0.3, 0.4) is 0 Å². The van der Waals surface area contributed by atoms with Gasteiger partial charge in [0.05, 0.1) is 11.7 Å². The molecule has 0 saturated carbocycles. The molecule has 0 spiro atoms. The Bertz CT molecular complexity index is 207. The van der Waals surface area contributed by atoms with Gasteiger partial charge in [-0.05, 0) is 19.8 Å². The van der Waals surface area contributed by atoms with Gasteiger partial charge in [0, 0.05) is 13.1 Å². The summed E-state index contributed by atoms with van der Waals surface area (Å²) in [6.45, 7) is 8.79. The summed E-state index contributed by atoms with van der Waals surface area (Å²) in [6.07, 6.45) is 12.5. The van der Waals surface area contributed by atoms with Crippen molar-refractivity contribution in [3.05, 3.63) is 0 Å². The average molecular weight is 255 g/mol. The molecule has 108 valence electrons. The van der Waals surface area contributed by atoms with E-state index in [0.717, 1.165) is 19.5 Å². The van der Waals surface area contributed by atoms with Gasteiger partial charge in [-0.15, -0.1) is 0 Å². The van der Waals surface area contributed by atoms with Crippen molar-refractivity contribution in [3.63, 3.8) is 0 Å². The van der Waals surface area contributed by atoms with Crippen LogP contribution in [-0.4, -0.2) is 24.8 Å². The molecule has 0 amide bonds. The van der Waals surface area contributed by atoms with Gasteiger partial charge in [-0.25, -0.2) is 0 Å². The van der Waals surface area contributed by atoms with E-state index in [9.17, 15) is 0 Å². The minimum atomic E-state index is 0.0735. The maximum absolute atomic E-state index is 6.21. The summed E-state index contributed by atoms with van der Waals surface area (Å²) in [5.41, 5.74) is 0.0735. The first-order valence-electron chi connectivity index (χ1n) is 8.08. The second-order valence-corrected chi connectivity index (χ2v) is 6.08. The first-order chi connectivity index (χ1) is 8.70. The van der Waals surface area contributed by atoms with Crippen molar-refractivity contribution in [2.24, 2.45) is 0 Å². The molecule has 18 heavy (non-hydrogen) atoms. The van der Waals surface area contributed by atoms with Crippen molar-refractivity contribution in [1.82, 2.24) is 5.32 Å². The first-order valence-corrected chi connectivity index (χ1v) is 8.08. The lowest BCUT2D eigenvalue weighted by molar-refractivity contribution is -0.109. The zero-order valence-electron chi connectivity index (χ0n) is 12.8. The summed E-state index contributed by atoms with van der Waals surface area (Å²) >= 11 is 0. The van der Waals surface area contributed by atoms with Gasteiger partial charge in [0.2, 0.25) is 0 Å². The second kappa shape index (κ2) is 8.92. The minimum Gasteiger partial charge on any atom is -0.369 e. The lowest BCUT2D eigenvalue weighted by Crippen LogP contribution is -2.51. The smallest absolute Gasteiger partial charge is 0.0780 e. The average Bonchev–Trinajstić information content (AvgIpc) is 2.38. The molecule has 1 saturated heterocycles. The third-order valence-electron chi connectivity index (χ3n) is 4.20. The lowest BCUT2D eigenvalue weighted by atomic mass is 9.99. The summed E-state index contributed by atoms with van der Waals surface area (Å²) in [5, 5.41) is 3.52. The van der Waals surface area contributed by atoms with Gasteiger partial charge < -0.3 is 10.1 Å². The van der Waals surface area contributed by atoms with E-state index in [4.69, 9.17) is 4.74 Å². The Morgan fingerprint density at radius 1 is 1.06 bits per heavy atom. The zero-order valence-corrected chi connectivity index (χ0v) is 12.8. The maximum Gasteiger partial charge on any atom is 0.0780 e. The number of ether oxygens (including phenoxy) is 1. The Hall–Kier alpha value is -0.0800. The molecule has 0 aliphatic carbocycles. The molecule has 0 aromatic heterocycles. The van der Waals surface area contributed by atoms with Crippen molar-refractivity contribution in [2.75, 3.05) is 13.1 Å². The second-order valence-electron chi connectivity index (χ2n) is 6.08. The van der Waals surface area contributed by atoms with Gasteiger partial charge in [0.15, 0.2) is 0 Å². The Morgan fingerprint density at radius 2 is 1.72 bits per heavy atom.